The number of hydrogen-bond acceptors (Lipinski definition) is 6. The third-order valence-corrected chi connectivity index (χ3v) is 8.87. The Labute approximate surface area is 225 Å². The molecule has 0 spiro atoms. The second kappa shape index (κ2) is 10.5. The number of pyridine rings is 1. The Morgan fingerprint density at radius 3 is 2.36 bits per heavy atom. The molecule has 7 nitrogen and oxygen atoms in total. The summed E-state index contributed by atoms with van der Waals surface area (Å²) < 4.78 is 65.1. The third kappa shape index (κ3) is 5.80. The van der Waals surface area contributed by atoms with Crippen LogP contribution in [0.15, 0.2) is 47.4 Å². The average molecular weight is 562 g/mol. The number of fused-ring (bicyclic) bond motifs is 1. The quantitative estimate of drug-likeness (QED) is 0.449. The topological polar surface area (TPSA) is 90.8 Å². The standard InChI is InChI=1S/C28H30F3N3O4S/c1-39(37,38)21-7-8-24-22(16-21)25(27(35)36)23(17-33-13-9-20(10-14-33)34-11-2-3-12-34)26(32-24)18-5-4-6-19(15-18)28(29,30)31/h4-8,15-16,20H,2-3,9-14,17H2,1H3,(H,35,36). The fourth-order valence-corrected chi connectivity index (χ4v) is 6.41. The highest BCUT2D eigenvalue weighted by Crippen LogP contribution is 2.36. The van der Waals surface area contributed by atoms with E-state index in [0.717, 1.165) is 44.3 Å². The molecule has 0 radical (unpaired) electrons. The number of hydrogen-bond donors (Lipinski definition) is 1. The van der Waals surface area contributed by atoms with E-state index in [4.69, 9.17) is 0 Å². The second-order valence-electron chi connectivity index (χ2n) is 10.4. The monoisotopic (exact) mass is 561 g/mol. The number of alkyl halides is 3. The number of carboxylic acid groups (broad SMARTS) is 1. The van der Waals surface area contributed by atoms with Gasteiger partial charge in [0.15, 0.2) is 9.84 Å². The van der Waals surface area contributed by atoms with Crippen LogP contribution in [-0.2, 0) is 22.6 Å². The van der Waals surface area contributed by atoms with Crippen LogP contribution in [0.3, 0.4) is 0 Å². The molecule has 39 heavy (non-hydrogen) atoms. The first-order valence-electron chi connectivity index (χ1n) is 13.0. The molecule has 0 amide bonds. The molecule has 5 rings (SSSR count). The zero-order valence-corrected chi connectivity index (χ0v) is 22.4. The molecule has 3 aromatic rings. The van der Waals surface area contributed by atoms with E-state index in [1.54, 1.807) is 0 Å². The molecule has 2 aliphatic heterocycles. The summed E-state index contributed by atoms with van der Waals surface area (Å²) in [6.45, 7) is 3.77. The van der Waals surface area contributed by atoms with Crippen molar-refractivity contribution in [2.24, 2.45) is 0 Å². The highest BCUT2D eigenvalue weighted by atomic mass is 32.2. The summed E-state index contributed by atoms with van der Waals surface area (Å²) in [5, 5.41) is 10.5. The van der Waals surface area contributed by atoms with Gasteiger partial charge in [-0.15, -0.1) is 0 Å². The summed E-state index contributed by atoms with van der Waals surface area (Å²) in [6, 6.07) is 9.21. The molecule has 2 saturated heterocycles. The van der Waals surface area contributed by atoms with Crippen molar-refractivity contribution in [3.05, 3.63) is 59.2 Å². The number of benzene rings is 2. The molecule has 0 bridgehead atoms. The Bertz CT molecular complexity index is 1510. The first kappa shape index (κ1) is 27.5. The zero-order valence-electron chi connectivity index (χ0n) is 21.5. The minimum atomic E-state index is -4.58. The van der Waals surface area contributed by atoms with Crippen LogP contribution in [0.5, 0.6) is 0 Å². The predicted molar refractivity (Wildman–Crippen MR) is 141 cm³/mol. The van der Waals surface area contributed by atoms with Crippen molar-refractivity contribution in [3.8, 4) is 11.3 Å². The van der Waals surface area contributed by atoms with Gasteiger partial charge in [-0.1, -0.05) is 12.1 Å². The van der Waals surface area contributed by atoms with Gasteiger partial charge in [0.2, 0.25) is 0 Å². The summed E-state index contributed by atoms with van der Waals surface area (Å²) in [6.07, 6.45) is 0.678. The Kier molecular flexibility index (Phi) is 7.43. The number of carbonyl (C=O) groups is 1. The molecular formula is C28H30F3N3O4S. The number of piperidine rings is 1. The Morgan fingerprint density at radius 2 is 1.74 bits per heavy atom. The number of aromatic nitrogens is 1. The normalized spacial score (nSPS) is 18.2. The van der Waals surface area contributed by atoms with E-state index >= 15 is 0 Å². The first-order chi connectivity index (χ1) is 18.4. The van der Waals surface area contributed by atoms with E-state index in [9.17, 15) is 31.5 Å². The number of rotatable bonds is 6. The Hall–Kier alpha value is -3.02. The molecule has 11 heteroatoms. The van der Waals surface area contributed by atoms with Gasteiger partial charge in [-0.05, 0) is 82.2 Å². The van der Waals surface area contributed by atoms with Crippen molar-refractivity contribution in [1.29, 1.82) is 0 Å². The zero-order chi connectivity index (χ0) is 27.9. The van der Waals surface area contributed by atoms with Crippen molar-refractivity contribution < 1.29 is 31.5 Å². The van der Waals surface area contributed by atoms with Crippen LogP contribution in [0, 0.1) is 0 Å². The SMILES string of the molecule is CS(=O)(=O)c1ccc2nc(-c3cccc(C(F)(F)F)c3)c(CN3CCC(N4CCCC4)CC3)c(C(=O)O)c2c1. The minimum Gasteiger partial charge on any atom is -0.478 e. The van der Waals surface area contributed by atoms with E-state index in [1.807, 2.05) is 0 Å². The number of halogens is 3. The van der Waals surface area contributed by atoms with Crippen LogP contribution >= 0.6 is 0 Å². The van der Waals surface area contributed by atoms with Gasteiger partial charge in [0, 0.05) is 35.4 Å². The van der Waals surface area contributed by atoms with Gasteiger partial charge in [-0.25, -0.2) is 18.2 Å². The summed E-state index contributed by atoms with van der Waals surface area (Å²) >= 11 is 0. The molecule has 2 fully saturated rings. The van der Waals surface area contributed by atoms with Crippen LogP contribution in [-0.4, -0.2) is 72.8 Å². The van der Waals surface area contributed by atoms with Gasteiger partial charge in [-0.2, -0.15) is 13.2 Å². The lowest BCUT2D eigenvalue weighted by molar-refractivity contribution is -0.137. The maximum Gasteiger partial charge on any atom is 0.416 e. The Balaban J connectivity index is 1.63. The summed E-state index contributed by atoms with van der Waals surface area (Å²) in [5.41, 5.74) is -0.213. The molecule has 3 heterocycles. The van der Waals surface area contributed by atoms with Crippen molar-refractivity contribution in [2.45, 2.75) is 49.3 Å². The maximum atomic E-state index is 13.6. The van der Waals surface area contributed by atoms with Gasteiger partial charge in [0.25, 0.3) is 0 Å². The number of nitrogens with zero attached hydrogens (tertiary/aromatic N) is 3. The number of sulfone groups is 1. The van der Waals surface area contributed by atoms with Crippen LogP contribution in [0.1, 0.15) is 47.2 Å². The van der Waals surface area contributed by atoms with E-state index < -0.39 is 27.5 Å². The predicted octanol–water partition coefficient (Wildman–Crippen LogP) is 5.08. The van der Waals surface area contributed by atoms with Crippen molar-refractivity contribution in [2.75, 3.05) is 32.4 Å². The first-order valence-corrected chi connectivity index (χ1v) is 14.8. The molecule has 0 aliphatic carbocycles. The fourth-order valence-electron chi connectivity index (χ4n) is 5.77. The molecule has 0 saturated carbocycles. The molecular weight excluding hydrogens is 531 g/mol. The molecule has 2 aliphatic rings. The van der Waals surface area contributed by atoms with E-state index in [-0.39, 0.29) is 44.7 Å². The molecule has 0 atom stereocenters. The van der Waals surface area contributed by atoms with E-state index in [0.29, 0.717) is 19.1 Å². The average Bonchev–Trinajstić information content (AvgIpc) is 3.42. The number of aromatic carboxylic acids is 1. The van der Waals surface area contributed by atoms with Gasteiger partial charge in [0.1, 0.15) is 0 Å². The van der Waals surface area contributed by atoms with Gasteiger partial charge in [-0.3, -0.25) is 4.90 Å². The molecule has 0 unspecified atom stereocenters. The summed E-state index contributed by atoms with van der Waals surface area (Å²) in [7, 11) is -3.64. The molecule has 2 aromatic carbocycles. The highest BCUT2D eigenvalue weighted by Gasteiger charge is 2.32. The van der Waals surface area contributed by atoms with Crippen molar-refractivity contribution in [3.63, 3.8) is 0 Å². The number of likely N-dealkylation sites (tertiary alicyclic amines) is 2. The van der Waals surface area contributed by atoms with Gasteiger partial charge in [0.05, 0.1) is 27.2 Å². The third-order valence-electron chi connectivity index (χ3n) is 7.76. The van der Waals surface area contributed by atoms with Crippen LogP contribution in [0.4, 0.5) is 13.2 Å². The molecule has 1 N–H and O–H groups in total. The lowest BCUT2D eigenvalue weighted by Gasteiger charge is -2.37. The maximum absolute atomic E-state index is 13.6. The largest absolute Gasteiger partial charge is 0.478 e. The minimum absolute atomic E-state index is 0.0523. The van der Waals surface area contributed by atoms with Gasteiger partial charge >= 0.3 is 12.1 Å². The van der Waals surface area contributed by atoms with E-state index in [2.05, 4.69) is 14.8 Å². The molecule has 1 aromatic heterocycles. The summed E-state index contributed by atoms with van der Waals surface area (Å²) in [4.78, 5) is 21.9. The van der Waals surface area contributed by atoms with Gasteiger partial charge < -0.3 is 10.0 Å². The Morgan fingerprint density at radius 1 is 1.05 bits per heavy atom. The van der Waals surface area contributed by atoms with Crippen LogP contribution in [0.2, 0.25) is 0 Å². The van der Waals surface area contributed by atoms with Crippen molar-refractivity contribution >= 4 is 26.7 Å². The highest BCUT2D eigenvalue weighted by molar-refractivity contribution is 7.90. The van der Waals surface area contributed by atoms with E-state index in [1.165, 1.54) is 43.2 Å². The summed E-state index contributed by atoms with van der Waals surface area (Å²) in [5.74, 6) is -1.29. The van der Waals surface area contributed by atoms with Crippen molar-refractivity contribution in [1.82, 2.24) is 14.8 Å². The fraction of sp³-hybridized carbons (Fsp3) is 0.429. The van der Waals surface area contributed by atoms with Crippen LogP contribution in [0.25, 0.3) is 22.2 Å². The smallest absolute Gasteiger partial charge is 0.416 e. The molecule has 208 valence electrons. The lowest BCUT2D eigenvalue weighted by atomic mass is 9.94. The second-order valence-corrected chi connectivity index (χ2v) is 12.4. The van der Waals surface area contributed by atoms with Crippen LogP contribution < -0.4 is 0 Å². The lowest BCUT2D eigenvalue weighted by Crippen LogP contribution is -2.43. The number of carboxylic acids is 1.